The van der Waals surface area contributed by atoms with E-state index in [4.69, 9.17) is 4.74 Å². The number of hydrogen-bond donors (Lipinski definition) is 0. The van der Waals surface area contributed by atoms with Crippen LogP contribution in [-0.4, -0.2) is 63.2 Å². The molecule has 3 heterocycles. The third-order valence-electron chi connectivity index (χ3n) is 4.66. The molecule has 12 heteroatoms. The molecule has 0 N–H and O–H groups in total. The second kappa shape index (κ2) is 7.76. The molecule has 1 amide bonds. The van der Waals surface area contributed by atoms with Crippen LogP contribution in [-0.2, 0) is 11.0 Å². The predicted molar refractivity (Wildman–Crippen MR) is 96.5 cm³/mol. The first-order valence-electron chi connectivity index (χ1n) is 9.00. The van der Waals surface area contributed by atoms with E-state index in [-0.39, 0.29) is 24.1 Å². The Morgan fingerprint density at radius 3 is 2.47 bits per heavy atom. The van der Waals surface area contributed by atoms with Crippen LogP contribution in [0.1, 0.15) is 5.69 Å². The first kappa shape index (κ1) is 19.9. The van der Waals surface area contributed by atoms with E-state index < -0.39 is 17.7 Å². The van der Waals surface area contributed by atoms with Gasteiger partial charge in [-0.1, -0.05) is 0 Å². The highest BCUT2D eigenvalue weighted by molar-refractivity contribution is 5.78. The molecule has 2 aromatic heterocycles. The molecule has 4 rings (SSSR count). The molecule has 0 spiro atoms. The van der Waals surface area contributed by atoms with Crippen molar-refractivity contribution in [3.8, 4) is 5.75 Å². The summed E-state index contributed by atoms with van der Waals surface area (Å²) in [4.78, 5) is 22.9. The van der Waals surface area contributed by atoms with Crippen LogP contribution in [0.3, 0.4) is 0 Å². The van der Waals surface area contributed by atoms with Crippen LogP contribution in [0.25, 0.3) is 5.78 Å². The third-order valence-corrected chi connectivity index (χ3v) is 4.66. The molecule has 0 bridgehead atoms. The highest BCUT2D eigenvalue weighted by atomic mass is 19.4. The van der Waals surface area contributed by atoms with Gasteiger partial charge in [0.15, 0.2) is 12.3 Å². The van der Waals surface area contributed by atoms with Gasteiger partial charge in [0.1, 0.15) is 23.7 Å². The van der Waals surface area contributed by atoms with Crippen LogP contribution in [0.4, 0.5) is 23.4 Å². The van der Waals surface area contributed by atoms with E-state index >= 15 is 0 Å². The van der Waals surface area contributed by atoms with E-state index in [0.717, 1.165) is 12.4 Å². The van der Waals surface area contributed by atoms with Gasteiger partial charge in [0.25, 0.3) is 11.7 Å². The Kier molecular flexibility index (Phi) is 5.14. The van der Waals surface area contributed by atoms with E-state index in [9.17, 15) is 22.4 Å². The summed E-state index contributed by atoms with van der Waals surface area (Å²) in [5.74, 6) is -0.245. The number of halogens is 4. The third kappa shape index (κ3) is 4.11. The van der Waals surface area contributed by atoms with Gasteiger partial charge in [0, 0.05) is 32.2 Å². The molecule has 0 unspecified atom stereocenters. The van der Waals surface area contributed by atoms with Crippen LogP contribution in [0.5, 0.6) is 5.75 Å². The quantitative estimate of drug-likeness (QED) is 0.597. The minimum atomic E-state index is -4.61. The zero-order valence-electron chi connectivity index (χ0n) is 15.5. The van der Waals surface area contributed by atoms with Crippen molar-refractivity contribution in [3.63, 3.8) is 0 Å². The van der Waals surface area contributed by atoms with E-state index in [0.29, 0.717) is 31.9 Å². The van der Waals surface area contributed by atoms with Gasteiger partial charge in [-0.25, -0.2) is 9.37 Å². The monoisotopic (exact) mass is 424 g/mol. The predicted octanol–water partition coefficient (Wildman–Crippen LogP) is 2.01. The highest BCUT2D eigenvalue weighted by Gasteiger charge is 2.35. The molecule has 0 atom stereocenters. The molecule has 1 saturated heterocycles. The number of hydrogen-bond acceptors (Lipinski definition) is 6. The fraction of sp³-hybridized carbons (Fsp3) is 0.333. The second-order valence-electron chi connectivity index (χ2n) is 6.58. The van der Waals surface area contributed by atoms with Crippen molar-refractivity contribution in [1.82, 2.24) is 24.5 Å². The van der Waals surface area contributed by atoms with Gasteiger partial charge < -0.3 is 14.5 Å². The first-order chi connectivity index (χ1) is 14.3. The average molecular weight is 424 g/mol. The number of amides is 1. The first-order valence-corrected chi connectivity index (χ1v) is 9.00. The van der Waals surface area contributed by atoms with E-state index in [1.807, 2.05) is 0 Å². The molecule has 158 valence electrons. The van der Waals surface area contributed by atoms with Crippen LogP contribution in [0, 0.1) is 5.82 Å². The van der Waals surface area contributed by atoms with Crippen LogP contribution in [0.2, 0.25) is 0 Å². The van der Waals surface area contributed by atoms with Crippen molar-refractivity contribution in [1.29, 1.82) is 0 Å². The van der Waals surface area contributed by atoms with E-state index in [1.165, 1.54) is 28.8 Å². The summed E-state index contributed by atoms with van der Waals surface area (Å²) >= 11 is 0. The number of anilines is 1. The lowest BCUT2D eigenvalue weighted by atomic mass is 10.3. The molecular weight excluding hydrogens is 408 g/mol. The molecule has 0 radical (unpaired) electrons. The molecule has 3 aromatic rings. The number of nitrogens with zero attached hydrogens (tertiary/aromatic N) is 6. The Morgan fingerprint density at radius 1 is 1.10 bits per heavy atom. The Bertz CT molecular complexity index is 1050. The molecule has 0 aliphatic carbocycles. The summed E-state index contributed by atoms with van der Waals surface area (Å²) in [7, 11) is 0. The maximum atomic E-state index is 13.2. The second-order valence-corrected chi connectivity index (χ2v) is 6.58. The Morgan fingerprint density at radius 2 is 1.80 bits per heavy atom. The van der Waals surface area contributed by atoms with Crippen molar-refractivity contribution in [2.75, 3.05) is 37.7 Å². The fourth-order valence-electron chi connectivity index (χ4n) is 3.12. The van der Waals surface area contributed by atoms with Crippen molar-refractivity contribution in [2.24, 2.45) is 0 Å². The van der Waals surface area contributed by atoms with Gasteiger partial charge >= 0.3 is 6.18 Å². The van der Waals surface area contributed by atoms with E-state index in [2.05, 4.69) is 15.1 Å². The zero-order chi connectivity index (χ0) is 21.3. The Hall–Kier alpha value is -3.44. The summed E-state index contributed by atoms with van der Waals surface area (Å²) in [5.41, 5.74) is -1.05. The fourth-order valence-corrected chi connectivity index (χ4v) is 3.12. The molecule has 1 fully saturated rings. The molecule has 1 aromatic carbocycles. The van der Waals surface area contributed by atoms with Crippen LogP contribution >= 0.6 is 0 Å². The van der Waals surface area contributed by atoms with Gasteiger partial charge in [-0.15, -0.1) is 0 Å². The van der Waals surface area contributed by atoms with Crippen molar-refractivity contribution in [3.05, 3.63) is 48.2 Å². The lowest BCUT2D eigenvalue weighted by Crippen LogP contribution is -2.50. The molecule has 0 saturated carbocycles. The molecule has 30 heavy (non-hydrogen) atoms. The molecule has 1 aliphatic heterocycles. The Labute approximate surface area is 167 Å². The van der Waals surface area contributed by atoms with Crippen molar-refractivity contribution >= 4 is 17.5 Å². The summed E-state index contributed by atoms with van der Waals surface area (Å²) in [6.45, 7) is 0.987. The number of rotatable bonds is 4. The number of carbonyl (C=O) groups is 1. The van der Waals surface area contributed by atoms with Gasteiger partial charge in [-0.3, -0.25) is 4.79 Å². The molecule has 8 nitrogen and oxygen atoms in total. The largest absolute Gasteiger partial charge is 0.484 e. The number of carbonyl (C=O) groups excluding carboxylic acids is 1. The number of piperazine rings is 1. The summed E-state index contributed by atoms with van der Waals surface area (Å²) in [6.07, 6.45) is -3.48. The van der Waals surface area contributed by atoms with Crippen molar-refractivity contribution < 1.29 is 27.1 Å². The maximum absolute atomic E-state index is 13.2. The lowest BCUT2D eigenvalue weighted by Gasteiger charge is -2.36. The van der Waals surface area contributed by atoms with Crippen LogP contribution < -0.4 is 9.64 Å². The minimum Gasteiger partial charge on any atom is -0.484 e. The smallest absolute Gasteiger partial charge is 0.433 e. The van der Waals surface area contributed by atoms with Gasteiger partial charge in [0.2, 0.25) is 0 Å². The van der Waals surface area contributed by atoms with E-state index in [1.54, 1.807) is 9.80 Å². The average Bonchev–Trinajstić information content (AvgIpc) is 3.21. The SMILES string of the molecule is O=C(COc1ccc(F)cc1)N1CCN(c2cc(C(F)(F)F)nc3ncnn23)CC1. The molecule has 1 aliphatic rings. The lowest BCUT2D eigenvalue weighted by molar-refractivity contribution is -0.141. The Balaban J connectivity index is 1.41. The maximum Gasteiger partial charge on any atom is 0.433 e. The molecular formula is C18H16F4N6O2. The van der Waals surface area contributed by atoms with Gasteiger partial charge in [-0.05, 0) is 24.3 Å². The standard InChI is InChI=1S/C18H16F4N6O2/c19-12-1-3-13(4-2-12)30-10-16(29)27-7-5-26(6-8-27)15-9-14(18(20,21)22)25-17-23-11-24-28(15)17/h1-4,9,11H,5-8,10H2. The number of benzene rings is 1. The normalized spacial score (nSPS) is 14.9. The van der Waals surface area contributed by atoms with Gasteiger partial charge in [0.05, 0.1) is 0 Å². The summed E-state index contributed by atoms with van der Waals surface area (Å²) in [5, 5.41) is 3.95. The highest BCUT2D eigenvalue weighted by Crippen LogP contribution is 2.30. The number of fused-ring (bicyclic) bond motifs is 1. The number of ether oxygens (including phenoxy) is 1. The summed E-state index contributed by atoms with van der Waals surface area (Å²) < 4.78 is 59.0. The zero-order valence-corrected chi connectivity index (χ0v) is 15.5. The summed E-state index contributed by atoms with van der Waals surface area (Å²) in [6, 6.07) is 6.23. The topological polar surface area (TPSA) is 75.9 Å². The minimum absolute atomic E-state index is 0.147. The van der Waals surface area contributed by atoms with Crippen molar-refractivity contribution in [2.45, 2.75) is 6.18 Å². The van der Waals surface area contributed by atoms with Crippen LogP contribution in [0.15, 0.2) is 36.7 Å². The number of aromatic nitrogens is 4. The van der Waals surface area contributed by atoms with Gasteiger partial charge in [-0.2, -0.15) is 27.8 Å². The number of alkyl halides is 3.